The van der Waals surface area contributed by atoms with Gasteiger partial charge in [0.05, 0.1) is 22.0 Å². The highest BCUT2D eigenvalue weighted by molar-refractivity contribution is 8.00. The van der Waals surface area contributed by atoms with Gasteiger partial charge in [-0.2, -0.15) is 0 Å². The molecule has 0 aliphatic rings. The van der Waals surface area contributed by atoms with E-state index in [9.17, 15) is 18.4 Å². The second-order valence-electron chi connectivity index (χ2n) is 4.45. The molecule has 0 saturated carbocycles. The van der Waals surface area contributed by atoms with Gasteiger partial charge in [0, 0.05) is 4.90 Å². The Hall–Kier alpha value is -2.12. The van der Waals surface area contributed by atoms with Gasteiger partial charge in [0.15, 0.2) is 11.6 Å². The zero-order chi connectivity index (χ0) is 17.0. The van der Waals surface area contributed by atoms with Gasteiger partial charge in [-0.3, -0.25) is 9.59 Å². The normalized spacial score (nSPS) is 10.4. The average Bonchev–Trinajstić information content (AvgIpc) is 2.49. The SMILES string of the molecule is NC(=O)CSc1ccccc1NC(=O)c1cc(F)c(F)cc1Cl. The number of thioether (sulfide) groups is 1. The van der Waals surface area contributed by atoms with Crippen molar-refractivity contribution in [1.29, 1.82) is 0 Å². The molecule has 4 nitrogen and oxygen atoms in total. The number of amides is 2. The molecule has 0 aliphatic carbocycles. The fourth-order valence-corrected chi connectivity index (χ4v) is 2.71. The maximum atomic E-state index is 13.3. The molecule has 0 unspecified atom stereocenters. The number of anilines is 1. The Morgan fingerprint density at radius 3 is 2.52 bits per heavy atom. The number of rotatable bonds is 5. The Morgan fingerprint density at radius 1 is 1.17 bits per heavy atom. The smallest absolute Gasteiger partial charge is 0.257 e. The van der Waals surface area contributed by atoms with Crippen molar-refractivity contribution in [2.75, 3.05) is 11.1 Å². The molecular weight excluding hydrogens is 346 g/mol. The van der Waals surface area contributed by atoms with Crippen molar-refractivity contribution in [3.05, 3.63) is 58.6 Å². The van der Waals surface area contributed by atoms with Crippen molar-refractivity contribution >= 4 is 40.9 Å². The number of hydrogen-bond donors (Lipinski definition) is 2. The van der Waals surface area contributed by atoms with Gasteiger partial charge in [-0.05, 0) is 24.3 Å². The monoisotopic (exact) mass is 356 g/mol. The quantitative estimate of drug-likeness (QED) is 0.636. The van der Waals surface area contributed by atoms with Crippen LogP contribution in [0.5, 0.6) is 0 Å². The van der Waals surface area contributed by atoms with Crippen molar-refractivity contribution in [3.8, 4) is 0 Å². The van der Waals surface area contributed by atoms with Gasteiger partial charge < -0.3 is 11.1 Å². The molecule has 0 aliphatic heterocycles. The molecule has 0 aromatic heterocycles. The van der Waals surface area contributed by atoms with Crippen LogP contribution in [-0.4, -0.2) is 17.6 Å². The highest BCUT2D eigenvalue weighted by Gasteiger charge is 2.16. The van der Waals surface area contributed by atoms with Gasteiger partial charge >= 0.3 is 0 Å². The number of para-hydroxylation sites is 1. The number of primary amides is 1. The standard InChI is InChI=1S/C15H11ClF2N2O2S/c16-9-6-11(18)10(17)5-8(9)15(22)20-12-3-1-2-4-13(12)23-7-14(19)21/h1-6H,7H2,(H2,19,21)(H,20,22). The van der Waals surface area contributed by atoms with Crippen LogP contribution >= 0.6 is 23.4 Å². The van der Waals surface area contributed by atoms with Crippen molar-refractivity contribution in [2.45, 2.75) is 4.90 Å². The third kappa shape index (κ3) is 4.43. The van der Waals surface area contributed by atoms with E-state index < -0.39 is 23.4 Å². The van der Waals surface area contributed by atoms with E-state index in [4.69, 9.17) is 17.3 Å². The molecular formula is C15H11ClF2N2O2S. The lowest BCUT2D eigenvalue weighted by atomic mass is 10.2. The molecule has 23 heavy (non-hydrogen) atoms. The van der Waals surface area contributed by atoms with E-state index >= 15 is 0 Å². The van der Waals surface area contributed by atoms with E-state index in [1.165, 1.54) is 0 Å². The first-order valence-electron chi connectivity index (χ1n) is 6.34. The van der Waals surface area contributed by atoms with E-state index in [2.05, 4.69) is 5.32 Å². The van der Waals surface area contributed by atoms with Gasteiger partial charge in [0.2, 0.25) is 5.91 Å². The molecule has 0 fully saturated rings. The van der Waals surface area contributed by atoms with Crippen LogP contribution in [0.25, 0.3) is 0 Å². The van der Waals surface area contributed by atoms with E-state index in [1.807, 2.05) is 0 Å². The van der Waals surface area contributed by atoms with Crippen LogP contribution in [0.3, 0.4) is 0 Å². The highest BCUT2D eigenvalue weighted by Crippen LogP contribution is 2.28. The molecule has 0 atom stereocenters. The van der Waals surface area contributed by atoms with Crippen LogP contribution in [0, 0.1) is 11.6 Å². The first kappa shape index (κ1) is 17.2. The van der Waals surface area contributed by atoms with Crippen LogP contribution in [0.4, 0.5) is 14.5 Å². The summed E-state index contributed by atoms with van der Waals surface area (Å²) in [5, 5.41) is 2.35. The van der Waals surface area contributed by atoms with Crippen LogP contribution in [-0.2, 0) is 4.79 Å². The predicted octanol–water partition coefficient (Wildman–Crippen LogP) is 3.45. The number of hydrogen-bond acceptors (Lipinski definition) is 3. The van der Waals surface area contributed by atoms with E-state index in [1.54, 1.807) is 24.3 Å². The second-order valence-corrected chi connectivity index (χ2v) is 5.88. The number of carbonyl (C=O) groups excluding carboxylic acids is 2. The minimum Gasteiger partial charge on any atom is -0.369 e. The summed E-state index contributed by atoms with van der Waals surface area (Å²) in [5.74, 6) is -3.46. The fraction of sp³-hybridized carbons (Fsp3) is 0.0667. The first-order chi connectivity index (χ1) is 10.9. The molecule has 2 amide bonds. The molecule has 0 bridgehead atoms. The van der Waals surface area contributed by atoms with E-state index in [0.717, 1.165) is 23.9 Å². The Kier molecular flexibility index (Phi) is 5.57. The second kappa shape index (κ2) is 7.43. The molecule has 120 valence electrons. The van der Waals surface area contributed by atoms with Crippen molar-refractivity contribution < 1.29 is 18.4 Å². The zero-order valence-corrected chi connectivity index (χ0v) is 13.2. The third-order valence-electron chi connectivity index (χ3n) is 2.76. The van der Waals surface area contributed by atoms with E-state index in [0.29, 0.717) is 10.6 Å². The summed E-state index contributed by atoms with van der Waals surface area (Å²) < 4.78 is 26.3. The lowest BCUT2D eigenvalue weighted by molar-refractivity contribution is -0.115. The Bertz CT molecular complexity index is 771. The van der Waals surface area contributed by atoms with Gasteiger partial charge in [-0.15, -0.1) is 11.8 Å². The molecule has 0 spiro atoms. The number of carbonyl (C=O) groups is 2. The Labute approximate surface area is 140 Å². The fourth-order valence-electron chi connectivity index (χ4n) is 1.73. The maximum absolute atomic E-state index is 13.3. The van der Waals surface area contributed by atoms with Gasteiger partial charge in [-0.1, -0.05) is 23.7 Å². The lowest BCUT2D eigenvalue weighted by Crippen LogP contribution is -2.15. The van der Waals surface area contributed by atoms with E-state index in [-0.39, 0.29) is 16.3 Å². The Balaban J connectivity index is 2.24. The summed E-state index contributed by atoms with van der Waals surface area (Å²) in [6.45, 7) is 0. The minimum atomic E-state index is -1.17. The summed E-state index contributed by atoms with van der Waals surface area (Å²) in [6.07, 6.45) is 0. The van der Waals surface area contributed by atoms with Crippen LogP contribution in [0.15, 0.2) is 41.3 Å². The highest BCUT2D eigenvalue weighted by atomic mass is 35.5. The molecule has 2 aromatic rings. The number of nitrogens with two attached hydrogens (primary N) is 1. The van der Waals surface area contributed by atoms with Crippen LogP contribution < -0.4 is 11.1 Å². The number of benzene rings is 2. The summed E-state index contributed by atoms with van der Waals surface area (Å²) in [7, 11) is 0. The third-order valence-corrected chi connectivity index (χ3v) is 4.17. The van der Waals surface area contributed by atoms with Gasteiger partial charge in [0.25, 0.3) is 5.91 Å². The molecule has 2 aromatic carbocycles. The average molecular weight is 357 g/mol. The topological polar surface area (TPSA) is 72.2 Å². The predicted molar refractivity (Wildman–Crippen MR) is 85.7 cm³/mol. The molecule has 0 saturated heterocycles. The summed E-state index contributed by atoms with van der Waals surface area (Å²) >= 11 is 6.92. The van der Waals surface area contributed by atoms with Gasteiger partial charge in [0.1, 0.15) is 0 Å². The minimum absolute atomic E-state index is 0.0405. The molecule has 8 heteroatoms. The summed E-state index contributed by atoms with van der Waals surface area (Å²) in [4.78, 5) is 23.7. The zero-order valence-electron chi connectivity index (χ0n) is 11.6. The van der Waals surface area contributed by atoms with Crippen molar-refractivity contribution in [2.24, 2.45) is 5.73 Å². The largest absolute Gasteiger partial charge is 0.369 e. The van der Waals surface area contributed by atoms with Crippen LogP contribution in [0.2, 0.25) is 5.02 Å². The summed E-state index contributed by atoms with van der Waals surface area (Å²) in [5.41, 5.74) is 5.30. The number of nitrogens with one attached hydrogen (secondary N) is 1. The first-order valence-corrected chi connectivity index (χ1v) is 7.71. The van der Waals surface area contributed by atoms with Crippen molar-refractivity contribution in [1.82, 2.24) is 0 Å². The van der Waals surface area contributed by atoms with Gasteiger partial charge in [-0.25, -0.2) is 8.78 Å². The molecule has 2 rings (SSSR count). The Morgan fingerprint density at radius 2 is 1.83 bits per heavy atom. The van der Waals surface area contributed by atoms with Crippen LogP contribution in [0.1, 0.15) is 10.4 Å². The lowest BCUT2D eigenvalue weighted by Gasteiger charge is -2.11. The summed E-state index contributed by atoms with van der Waals surface area (Å²) in [6, 6.07) is 8.16. The van der Waals surface area contributed by atoms with Crippen molar-refractivity contribution in [3.63, 3.8) is 0 Å². The molecule has 0 heterocycles. The maximum Gasteiger partial charge on any atom is 0.257 e. The molecule has 0 radical (unpaired) electrons. The molecule has 3 N–H and O–H groups in total. The number of halogens is 3.